The van der Waals surface area contributed by atoms with Crippen molar-refractivity contribution in [3.63, 3.8) is 0 Å². The summed E-state index contributed by atoms with van der Waals surface area (Å²) in [5, 5.41) is 57.2. The Morgan fingerprint density at radius 3 is 1.18 bits per heavy atom. The van der Waals surface area contributed by atoms with E-state index in [0.717, 1.165) is 20.8 Å². The number of carbonyl (C=O) groups is 3. The number of hydrogen-bond acceptors (Lipinski definition) is 8. The first-order valence-electron chi connectivity index (χ1n) is 5.75. The Balaban J connectivity index is -0.000000253. The molecule has 0 radical (unpaired) electrons. The number of carboxylic acids is 3. The number of aliphatic hydroxyl groups excluding tert-OH is 4. The molecule has 4 atom stereocenters. The SMILES string of the molecule is CC(=O)O.CC(=O)O.CC(=O)O.OC[C@H]1O[C@@H](O)[C@H](O)[C@@H]1O. The Kier molecular flexibility index (Phi) is 16.2. The van der Waals surface area contributed by atoms with Crippen molar-refractivity contribution in [2.45, 2.75) is 45.4 Å². The summed E-state index contributed by atoms with van der Waals surface area (Å²) in [7, 11) is 0. The largest absolute Gasteiger partial charge is 0.481 e. The van der Waals surface area contributed by atoms with Crippen LogP contribution in [0.5, 0.6) is 0 Å². The third-order valence-electron chi connectivity index (χ3n) is 1.52. The molecule has 1 aliphatic rings. The van der Waals surface area contributed by atoms with Gasteiger partial charge in [-0.2, -0.15) is 0 Å². The summed E-state index contributed by atoms with van der Waals surface area (Å²) in [5.74, 6) is -2.50. The van der Waals surface area contributed by atoms with Crippen molar-refractivity contribution in [1.29, 1.82) is 0 Å². The van der Waals surface area contributed by atoms with E-state index in [2.05, 4.69) is 4.74 Å². The third kappa shape index (κ3) is 20.5. The number of carboxylic acid groups (broad SMARTS) is 3. The molecular formula is C11H22O11. The zero-order valence-electron chi connectivity index (χ0n) is 12.3. The van der Waals surface area contributed by atoms with Gasteiger partial charge < -0.3 is 40.5 Å². The van der Waals surface area contributed by atoms with E-state index in [4.69, 9.17) is 50.1 Å². The summed E-state index contributed by atoms with van der Waals surface area (Å²) in [6, 6.07) is 0. The van der Waals surface area contributed by atoms with E-state index in [9.17, 15) is 0 Å². The lowest BCUT2D eigenvalue weighted by Gasteiger charge is -2.09. The molecule has 7 N–H and O–H groups in total. The molecule has 0 aromatic rings. The van der Waals surface area contributed by atoms with Crippen molar-refractivity contribution in [1.82, 2.24) is 0 Å². The molecule has 0 aromatic carbocycles. The van der Waals surface area contributed by atoms with E-state index in [-0.39, 0.29) is 0 Å². The van der Waals surface area contributed by atoms with Crippen LogP contribution in [0, 0.1) is 0 Å². The number of ether oxygens (including phenoxy) is 1. The van der Waals surface area contributed by atoms with Gasteiger partial charge in [0.25, 0.3) is 17.9 Å². The molecule has 0 saturated carbocycles. The highest BCUT2D eigenvalue weighted by Crippen LogP contribution is 2.18. The van der Waals surface area contributed by atoms with Crippen LogP contribution < -0.4 is 0 Å². The van der Waals surface area contributed by atoms with Gasteiger partial charge in [0.1, 0.15) is 18.3 Å². The Bertz CT molecular complexity index is 289. The molecule has 11 heteroatoms. The van der Waals surface area contributed by atoms with E-state index >= 15 is 0 Å². The predicted molar refractivity (Wildman–Crippen MR) is 69.9 cm³/mol. The average Bonchev–Trinajstić information content (AvgIpc) is 2.54. The standard InChI is InChI=1S/C5H10O5.3C2H4O2/c6-1-2-3(7)4(8)5(9)10-2;3*1-2(3)4/h2-9H,1H2;3*1H3,(H,3,4)/t2-,3-,4-,5-;;;/m1.../s1. The van der Waals surface area contributed by atoms with Gasteiger partial charge in [0.2, 0.25) is 0 Å². The summed E-state index contributed by atoms with van der Waals surface area (Å²) >= 11 is 0. The van der Waals surface area contributed by atoms with Gasteiger partial charge in [-0.15, -0.1) is 0 Å². The van der Waals surface area contributed by atoms with E-state index < -0.39 is 49.1 Å². The summed E-state index contributed by atoms with van der Waals surface area (Å²) in [6.45, 7) is 2.84. The van der Waals surface area contributed by atoms with E-state index in [1.807, 2.05) is 0 Å². The predicted octanol–water partition coefficient (Wildman–Crippen LogP) is -2.31. The van der Waals surface area contributed by atoms with Crippen LogP contribution in [0.15, 0.2) is 0 Å². The summed E-state index contributed by atoms with van der Waals surface area (Å²) in [5.41, 5.74) is 0. The van der Waals surface area contributed by atoms with Gasteiger partial charge >= 0.3 is 0 Å². The van der Waals surface area contributed by atoms with Crippen LogP contribution in [-0.2, 0) is 19.1 Å². The smallest absolute Gasteiger partial charge is 0.300 e. The van der Waals surface area contributed by atoms with Gasteiger partial charge in [-0.05, 0) is 0 Å². The van der Waals surface area contributed by atoms with Gasteiger partial charge in [-0.3, -0.25) is 14.4 Å². The van der Waals surface area contributed by atoms with Crippen LogP contribution >= 0.6 is 0 Å². The Morgan fingerprint density at radius 2 is 1.09 bits per heavy atom. The molecule has 0 aliphatic carbocycles. The fourth-order valence-electron chi connectivity index (χ4n) is 0.880. The lowest BCUT2D eigenvalue weighted by Crippen LogP contribution is -2.33. The highest BCUT2D eigenvalue weighted by molar-refractivity contribution is 5.63. The molecule has 22 heavy (non-hydrogen) atoms. The van der Waals surface area contributed by atoms with E-state index in [0.29, 0.717) is 0 Å². The molecule has 1 fully saturated rings. The molecule has 132 valence electrons. The number of aliphatic hydroxyl groups is 4. The Morgan fingerprint density at radius 1 is 0.818 bits per heavy atom. The highest BCUT2D eigenvalue weighted by Gasteiger charge is 2.41. The zero-order valence-corrected chi connectivity index (χ0v) is 12.3. The van der Waals surface area contributed by atoms with Crippen LogP contribution in [0.4, 0.5) is 0 Å². The maximum Gasteiger partial charge on any atom is 0.300 e. The molecule has 1 aliphatic heterocycles. The number of aliphatic carboxylic acids is 3. The van der Waals surface area contributed by atoms with Gasteiger partial charge in [0.15, 0.2) is 6.29 Å². The van der Waals surface area contributed by atoms with Gasteiger partial charge in [0.05, 0.1) is 6.61 Å². The first-order chi connectivity index (χ1) is 9.86. The van der Waals surface area contributed by atoms with Gasteiger partial charge in [0, 0.05) is 20.8 Å². The fraction of sp³-hybridized carbons (Fsp3) is 0.727. The van der Waals surface area contributed by atoms with Crippen LogP contribution in [0.3, 0.4) is 0 Å². The van der Waals surface area contributed by atoms with Crippen LogP contribution in [-0.4, -0.2) is 84.9 Å². The second kappa shape index (κ2) is 14.2. The fourth-order valence-corrected chi connectivity index (χ4v) is 0.880. The summed E-state index contributed by atoms with van der Waals surface area (Å²) in [6.07, 6.45) is -4.76. The van der Waals surface area contributed by atoms with Crippen molar-refractivity contribution >= 4 is 17.9 Å². The molecule has 0 spiro atoms. The first kappa shape index (κ1) is 25.2. The maximum absolute atomic E-state index is 9.00. The van der Waals surface area contributed by atoms with Crippen molar-refractivity contribution in [3.05, 3.63) is 0 Å². The quantitative estimate of drug-likeness (QED) is 0.272. The third-order valence-corrected chi connectivity index (χ3v) is 1.52. The normalized spacial score (nSPS) is 25.2. The van der Waals surface area contributed by atoms with Gasteiger partial charge in [-0.25, -0.2) is 0 Å². The van der Waals surface area contributed by atoms with Gasteiger partial charge in [-0.1, -0.05) is 0 Å². The second-order valence-corrected chi connectivity index (χ2v) is 3.79. The van der Waals surface area contributed by atoms with E-state index in [1.54, 1.807) is 0 Å². The summed E-state index contributed by atoms with van der Waals surface area (Å²) < 4.78 is 4.54. The van der Waals surface area contributed by atoms with Crippen molar-refractivity contribution < 1.29 is 54.9 Å². The highest BCUT2D eigenvalue weighted by atomic mass is 16.6. The minimum atomic E-state index is -1.38. The minimum Gasteiger partial charge on any atom is -0.481 e. The summed E-state index contributed by atoms with van der Waals surface area (Å²) in [4.78, 5) is 27.0. The molecule has 1 heterocycles. The lowest BCUT2D eigenvalue weighted by atomic mass is 10.1. The molecule has 0 bridgehead atoms. The molecule has 0 aromatic heterocycles. The van der Waals surface area contributed by atoms with Crippen LogP contribution in [0.2, 0.25) is 0 Å². The molecule has 0 amide bonds. The van der Waals surface area contributed by atoms with Crippen LogP contribution in [0.1, 0.15) is 20.8 Å². The molecular weight excluding hydrogens is 308 g/mol. The zero-order chi connectivity index (χ0) is 18.5. The van der Waals surface area contributed by atoms with Crippen molar-refractivity contribution in [3.8, 4) is 0 Å². The monoisotopic (exact) mass is 330 g/mol. The minimum absolute atomic E-state index is 0.407. The second-order valence-electron chi connectivity index (χ2n) is 3.79. The van der Waals surface area contributed by atoms with E-state index in [1.165, 1.54) is 0 Å². The molecule has 1 rings (SSSR count). The number of rotatable bonds is 1. The van der Waals surface area contributed by atoms with Crippen molar-refractivity contribution in [2.75, 3.05) is 6.61 Å². The Labute approximate surface area is 126 Å². The molecule has 0 unspecified atom stereocenters. The maximum atomic E-state index is 9.00. The number of hydrogen-bond donors (Lipinski definition) is 7. The first-order valence-corrected chi connectivity index (χ1v) is 5.75. The topological polar surface area (TPSA) is 202 Å². The molecule has 1 saturated heterocycles. The van der Waals surface area contributed by atoms with Crippen LogP contribution in [0.25, 0.3) is 0 Å². The average molecular weight is 330 g/mol. The van der Waals surface area contributed by atoms with Crippen molar-refractivity contribution in [2.24, 2.45) is 0 Å². The lowest BCUT2D eigenvalue weighted by molar-refractivity contribution is -0.135. The molecule has 11 nitrogen and oxygen atoms in total. The Hall–Kier alpha value is -1.79.